The Bertz CT molecular complexity index is 1040. The zero-order chi connectivity index (χ0) is 27.5. The maximum Gasteiger partial charge on any atom is 0.246 e. The summed E-state index contributed by atoms with van der Waals surface area (Å²) in [5.74, 6) is -0.335. The van der Waals surface area contributed by atoms with E-state index < -0.39 is 18.1 Å². The number of hydrogen-bond donors (Lipinski definition) is 3. The molecule has 5 rings (SSSR count). The molecule has 4 aliphatic rings. The SMILES string of the molecule is CN[C@@H](C)C(=O)N[C@H]1CC(N2CCN(C)CC2)CC[C@H]2CC[C@@H](C(=O)N[C@@H]3CCCc4ccccc43)N2C1=O. The van der Waals surface area contributed by atoms with Crippen molar-refractivity contribution in [3.63, 3.8) is 0 Å². The van der Waals surface area contributed by atoms with Gasteiger partial charge in [-0.25, -0.2) is 0 Å². The van der Waals surface area contributed by atoms with Crippen molar-refractivity contribution in [2.75, 3.05) is 40.3 Å². The molecule has 1 aromatic rings. The summed E-state index contributed by atoms with van der Waals surface area (Å²) in [6.45, 7) is 5.79. The third kappa shape index (κ3) is 6.15. The molecule has 3 fully saturated rings. The van der Waals surface area contributed by atoms with E-state index in [2.05, 4.69) is 51.0 Å². The molecule has 3 N–H and O–H groups in total. The van der Waals surface area contributed by atoms with Gasteiger partial charge in [0.25, 0.3) is 0 Å². The van der Waals surface area contributed by atoms with Gasteiger partial charge in [-0.3, -0.25) is 19.3 Å². The molecule has 9 nitrogen and oxygen atoms in total. The van der Waals surface area contributed by atoms with Gasteiger partial charge in [0.05, 0.1) is 12.1 Å². The number of fused-ring (bicyclic) bond motifs is 2. The number of piperazine rings is 1. The second-order valence-corrected chi connectivity index (χ2v) is 12.0. The van der Waals surface area contributed by atoms with E-state index in [0.29, 0.717) is 12.8 Å². The van der Waals surface area contributed by atoms with E-state index in [1.807, 2.05) is 11.0 Å². The number of hydrogen-bond acceptors (Lipinski definition) is 6. The van der Waals surface area contributed by atoms with Crippen molar-refractivity contribution in [2.24, 2.45) is 0 Å². The molecular weight excluding hydrogens is 492 g/mol. The lowest BCUT2D eigenvalue weighted by Gasteiger charge is -2.43. The normalized spacial score (nSPS) is 31.0. The minimum Gasteiger partial charge on any atom is -0.347 e. The lowest BCUT2D eigenvalue weighted by molar-refractivity contribution is -0.145. The summed E-state index contributed by atoms with van der Waals surface area (Å²) < 4.78 is 0. The van der Waals surface area contributed by atoms with Gasteiger partial charge in [0.2, 0.25) is 17.7 Å². The highest BCUT2D eigenvalue weighted by molar-refractivity contribution is 5.94. The fraction of sp³-hybridized carbons (Fsp3) is 0.700. The molecule has 39 heavy (non-hydrogen) atoms. The average Bonchev–Trinajstić information content (AvgIpc) is 3.37. The van der Waals surface area contributed by atoms with Crippen molar-refractivity contribution in [2.45, 2.75) is 94.5 Å². The number of benzene rings is 1. The van der Waals surface area contributed by atoms with Gasteiger partial charge in [0.15, 0.2) is 0 Å². The molecule has 0 spiro atoms. The van der Waals surface area contributed by atoms with E-state index in [1.54, 1.807) is 14.0 Å². The van der Waals surface area contributed by atoms with Gasteiger partial charge in [-0.2, -0.15) is 0 Å². The van der Waals surface area contributed by atoms with Gasteiger partial charge in [0, 0.05) is 38.3 Å². The van der Waals surface area contributed by atoms with E-state index in [-0.39, 0.29) is 35.8 Å². The first-order valence-electron chi connectivity index (χ1n) is 15.0. The Morgan fingerprint density at radius 3 is 2.41 bits per heavy atom. The number of rotatable bonds is 6. The summed E-state index contributed by atoms with van der Waals surface area (Å²) in [6, 6.07) is 7.10. The lowest BCUT2D eigenvalue weighted by atomic mass is 9.87. The first-order valence-corrected chi connectivity index (χ1v) is 15.0. The third-order valence-corrected chi connectivity index (χ3v) is 9.58. The Balaban J connectivity index is 1.34. The van der Waals surface area contributed by atoms with Crippen LogP contribution in [0.3, 0.4) is 0 Å². The van der Waals surface area contributed by atoms with Crippen molar-refractivity contribution in [3.8, 4) is 0 Å². The van der Waals surface area contributed by atoms with Crippen molar-refractivity contribution < 1.29 is 14.4 Å². The van der Waals surface area contributed by atoms with Crippen LogP contribution in [0.25, 0.3) is 0 Å². The standard InChI is InChI=1S/C30H46N6O3/c1-20(31-2)28(37)33-26-19-23(35-17-15-34(3)16-18-35)12-11-22-13-14-27(36(22)30(26)39)29(38)32-25-10-6-8-21-7-4-5-9-24(21)25/h4-5,7,9,20,22-23,25-27,31H,6,8,10-19H2,1-3H3,(H,32,38)(H,33,37)/t20-,22-,23?,25+,26-,27-/m0/s1. The molecule has 0 bridgehead atoms. The molecule has 3 amide bonds. The van der Waals surface area contributed by atoms with Crippen LogP contribution in [0.15, 0.2) is 24.3 Å². The Hall–Kier alpha value is -2.49. The number of carbonyl (C=O) groups is 3. The minimum atomic E-state index is -0.635. The van der Waals surface area contributed by atoms with Crippen LogP contribution in [-0.2, 0) is 20.8 Å². The number of nitrogens with zero attached hydrogens (tertiary/aromatic N) is 3. The van der Waals surface area contributed by atoms with Crippen molar-refractivity contribution in [1.82, 2.24) is 30.7 Å². The molecule has 6 atom stereocenters. The van der Waals surface area contributed by atoms with Crippen LogP contribution in [0.2, 0.25) is 0 Å². The molecule has 9 heteroatoms. The predicted octanol–water partition coefficient (Wildman–Crippen LogP) is 1.43. The Kier molecular flexibility index (Phi) is 8.89. The summed E-state index contributed by atoms with van der Waals surface area (Å²) >= 11 is 0. The molecular formula is C30H46N6O3. The Morgan fingerprint density at radius 2 is 1.64 bits per heavy atom. The molecule has 3 aliphatic heterocycles. The van der Waals surface area contributed by atoms with E-state index >= 15 is 0 Å². The minimum absolute atomic E-state index is 0.0139. The van der Waals surface area contributed by atoms with Crippen LogP contribution < -0.4 is 16.0 Å². The van der Waals surface area contributed by atoms with Gasteiger partial charge in [-0.15, -0.1) is 0 Å². The number of nitrogens with one attached hydrogen (secondary N) is 3. The Labute approximate surface area is 233 Å². The average molecular weight is 539 g/mol. The van der Waals surface area contributed by atoms with E-state index in [4.69, 9.17) is 0 Å². The predicted molar refractivity (Wildman–Crippen MR) is 151 cm³/mol. The first kappa shape index (κ1) is 28.1. The smallest absolute Gasteiger partial charge is 0.246 e. The highest BCUT2D eigenvalue weighted by Gasteiger charge is 2.46. The van der Waals surface area contributed by atoms with Crippen LogP contribution in [0.1, 0.15) is 69.0 Å². The number of aryl methyl sites for hydroxylation is 1. The molecule has 0 aromatic heterocycles. The number of carbonyl (C=O) groups excluding carboxylic acids is 3. The summed E-state index contributed by atoms with van der Waals surface area (Å²) in [4.78, 5) is 47.6. The number of likely N-dealkylation sites (N-methyl/N-ethyl adjacent to an activating group) is 2. The summed E-state index contributed by atoms with van der Waals surface area (Å²) in [6.07, 6.45) is 6.95. The molecule has 3 saturated heterocycles. The molecule has 0 radical (unpaired) electrons. The zero-order valence-electron chi connectivity index (χ0n) is 23.8. The number of amides is 3. The van der Waals surface area contributed by atoms with Gasteiger partial charge < -0.3 is 25.8 Å². The highest BCUT2D eigenvalue weighted by atomic mass is 16.2. The maximum absolute atomic E-state index is 14.2. The van der Waals surface area contributed by atoms with Crippen LogP contribution in [0, 0.1) is 0 Å². The lowest BCUT2D eigenvalue weighted by Crippen LogP contribution is -2.61. The second-order valence-electron chi connectivity index (χ2n) is 12.0. The van der Waals surface area contributed by atoms with Crippen LogP contribution >= 0.6 is 0 Å². The van der Waals surface area contributed by atoms with Crippen LogP contribution in [-0.4, -0.2) is 103 Å². The highest BCUT2D eigenvalue weighted by Crippen LogP contribution is 2.35. The zero-order valence-corrected chi connectivity index (χ0v) is 23.8. The molecule has 3 heterocycles. The monoisotopic (exact) mass is 538 g/mol. The fourth-order valence-electron chi connectivity index (χ4n) is 7.05. The van der Waals surface area contributed by atoms with E-state index in [0.717, 1.165) is 64.7 Å². The fourth-order valence-corrected chi connectivity index (χ4v) is 7.05. The Morgan fingerprint density at radius 1 is 0.923 bits per heavy atom. The van der Waals surface area contributed by atoms with E-state index in [9.17, 15) is 14.4 Å². The topological polar surface area (TPSA) is 97.0 Å². The molecule has 1 aliphatic carbocycles. The summed E-state index contributed by atoms with van der Waals surface area (Å²) in [5.41, 5.74) is 2.50. The van der Waals surface area contributed by atoms with E-state index in [1.165, 1.54) is 11.1 Å². The summed E-state index contributed by atoms with van der Waals surface area (Å²) in [7, 11) is 3.90. The van der Waals surface area contributed by atoms with Crippen molar-refractivity contribution in [1.29, 1.82) is 0 Å². The maximum atomic E-state index is 14.2. The summed E-state index contributed by atoms with van der Waals surface area (Å²) in [5, 5.41) is 9.37. The largest absolute Gasteiger partial charge is 0.347 e. The second kappa shape index (κ2) is 12.4. The quantitative estimate of drug-likeness (QED) is 0.507. The molecule has 1 unspecified atom stereocenters. The van der Waals surface area contributed by atoms with Crippen molar-refractivity contribution in [3.05, 3.63) is 35.4 Å². The van der Waals surface area contributed by atoms with Gasteiger partial charge in [-0.05, 0) is 83.5 Å². The third-order valence-electron chi connectivity index (χ3n) is 9.58. The molecule has 214 valence electrons. The van der Waals surface area contributed by atoms with Gasteiger partial charge >= 0.3 is 0 Å². The van der Waals surface area contributed by atoms with Gasteiger partial charge in [0.1, 0.15) is 12.1 Å². The van der Waals surface area contributed by atoms with Crippen LogP contribution in [0.5, 0.6) is 0 Å². The molecule has 1 aromatic carbocycles. The van der Waals surface area contributed by atoms with Crippen molar-refractivity contribution >= 4 is 17.7 Å². The first-order chi connectivity index (χ1) is 18.9. The van der Waals surface area contributed by atoms with Crippen LogP contribution in [0.4, 0.5) is 0 Å². The molecule has 0 saturated carbocycles. The van der Waals surface area contributed by atoms with Gasteiger partial charge in [-0.1, -0.05) is 24.3 Å².